The van der Waals surface area contributed by atoms with Gasteiger partial charge in [-0.05, 0) is 24.1 Å². The van der Waals surface area contributed by atoms with Crippen LogP contribution in [0.5, 0.6) is 0 Å². The Bertz CT molecular complexity index is 417. The third-order valence-electron chi connectivity index (χ3n) is 2.63. The Morgan fingerprint density at radius 1 is 1.22 bits per heavy atom. The minimum Gasteiger partial charge on any atom is -0.481 e. The average Bonchev–Trinajstić information content (AvgIpc) is 2.34. The highest BCUT2D eigenvalue weighted by molar-refractivity contribution is 9.10. The fourth-order valence-electron chi connectivity index (χ4n) is 1.48. The van der Waals surface area contributed by atoms with Gasteiger partial charge in [0.15, 0.2) is 0 Å². The van der Waals surface area contributed by atoms with Crippen molar-refractivity contribution in [3.8, 4) is 0 Å². The Morgan fingerprint density at radius 2 is 1.83 bits per heavy atom. The molecule has 0 saturated carbocycles. The molecule has 0 aliphatic carbocycles. The highest BCUT2D eigenvalue weighted by Gasteiger charge is 2.10. The Morgan fingerprint density at radius 3 is 2.39 bits per heavy atom. The van der Waals surface area contributed by atoms with Gasteiger partial charge >= 0.3 is 5.97 Å². The third-order valence-corrected chi connectivity index (χ3v) is 3.16. The van der Waals surface area contributed by atoms with E-state index in [0.717, 1.165) is 10.0 Å². The number of aliphatic carboxylic acids is 1. The maximum atomic E-state index is 11.7. The van der Waals surface area contributed by atoms with Gasteiger partial charge in [-0.2, -0.15) is 0 Å². The fraction of sp³-hybridized carbons (Fsp3) is 0.385. The second kappa shape index (κ2) is 7.16. The summed E-state index contributed by atoms with van der Waals surface area (Å²) in [5.41, 5.74) is 1.10. The summed E-state index contributed by atoms with van der Waals surface area (Å²) in [6.45, 7) is 0.258. The van der Waals surface area contributed by atoms with E-state index >= 15 is 0 Å². The van der Waals surface area contributed by atoms with Crippen molar-refractivity contribution in [1.82, 2.24) is 4.90 Å². The first kappa shape index (κ1) is 14.7. The lowest BCUT2D eigenvalue weighted by atomic mass is 10.1. The summed E-state index contributed by atoms with van der Waals surface area (Å²) in [6, 6.07) is 7.81. The molecule has 0 aromatic heterocycles. The molecule has 0 unspecified atom stereocenters. The average molecular weight is 314 g/mol. The Kier molecular flexibility index (Phi) is 5.85. The zero-order valence-corrected chi connectivity index (χ0v) is 11.8. The third kappa shape index (κ3) is 5.31. The van der Waals surface area contributed by atoms with Crippen LogP contribution < -0.4 is 0 Å². The van der Waals surface area contributed by atoms with E-state index in [2.05, 4.69) is 15.9 Å². The molecule has 1 amide bonds. The van der Waals surface area contributed by atoms with Crippen molar-refractivity contribution in [1.29, 1.82) is 0 Å². The molecule has 0 fully saturated rings. The standard InChI is InChI=1S/C13H16BrNO3/c1-15(9-8-13(17)18)12(16)7-4-10-2-5-11(14)6-3-10/h2-3,5-6H,4,7-9H2,1H3,(H,17,18). The number of nitrogens with zero attached hydrogens (tertiary/aromatic N) is 1. The van der Waals surface area contributed by atoms with Crippen molar-refractivity contribution in [2.75, 3.05) is 13.6 Å². The smallest absolute Gasteiger partial charge is 0.305 e. The number of carbonyl (C=O) groups excluding carboxylic acids is 1. The van der Waals surface area contributed by atoms with E-state index in [4.69, 9.17) is 5.11 Å². The van der Waals surface area contributed by atoms with Crippen LogP contribution in [-0.4, -0.2) is 35.5 Å². The zero-order valence-electron chi connectivity index (χ0n) is 10.2. The van der Waals surface area contributed by atoms with E-state index in [1.54, 1.807) is 7.05 Å². The molecule has 1 aromatic carbocycles. The lowest BCUT2D eigenvalue weighted by Gasteiger charge is -2.15. The number of hydrogen-bond acceptors (Lipinski definition) is 2. The first-order valence-corrected chi connectivity index (χ1v) is 6.48. The lowest BCUT2D eigenvalue weighted by Crippen LogP contribution is -2.29. The number of aryl methyl sites for hydroxylation is 1. The number of halogens is 1. The number of rotatable bonds is 6. The maximum Gasteiger partial charge on any atom is 0.305 e. The molecule has 0 aliphatic rings. The van der Waals surface area contributed by atoms with Crippen LogP contribution in [0.2, 0.25) is 0 Å². The molecule has 5 heteroatoms. The molecule has 0 heterocycles. The SMILES string of the molecule is CN(CCC(=O)O)C(=O)CCc1ccc(Br)cc1. The highest BCUT2D eigenvalue weighted by Crippen LogP contribution is 2.12. The van der Waals surface area contributed by atoms with Crippen LogP contribution in [-0.2, 0) is 16.0 Å². The minimum absolute atomic E-state index is 0.0134. The van der Waals surface area contributed by atoms with Gasteiger partial charge in [-0.1, -0.05) is 28.1 Å². The molecule has 4 nitrogen and oxygen atoms in total. The van der Waals surface area contributed by atoms with Crippen LogP contribution in [0.15, 0.2) is 28.7 Å². The first-order valence-electron chi connectivity index (χ1n) is 5.69. The molecule has 98 valence electrons. The largest absolute Gasteiger partial charge is 0.481 e. The van der Waals surface area contributed by atoms with E-state index in [1.165, 1.54) is 4.90 Å². The molecule has 1 N–H and O–H groups in total. The van der Waals surface area contributed by atoms with E-state index < -0.39 is 5.97 Å². The van der Waals surface area contributed by atoms with Crippen molar-refractivity contribution in [2.24, 2.45) is 0 Å². The molecule has 1 aromatic rings. The fourth-order valence-corrected chi connectivity index (χ4v) is 1.75. The summed E-state index contributed by atoms with van der Waals surface area (Å²) in [5.74, 6) is -0.915. The number of hydrogen-bond donors (Lipinski definition) is 1. The van der Waals surface area contributed by atoms with Crippen LogP contribution in [0.1, 0.15) is 18.4 Å². The molecular weight excluding hydrogens is 298 g/mol. The second-order valence-electron chi connectivity index (χ2n) is 4.09. The molecule has 0 atom stereocenters. The van der Waals surface area contributed by atoms with E-state index in [0.29, 0.717) is 12.8 Å². The van der Waals surface area contributed by atoms with E-state index in [-0.39, 0.29) is 18.9 Å². The van der Waals surface area contributed by atoms with E-state index in [9.17, 15) is 9.59 Å². The van der Waals surface area contributed by atoms with Gasteiger partial charge in [0.05, 0.1) is 6.42 Å². The van der Waals surface area contributed by atoms with Gasteiger partial charge in [0, 0.05) is 24.5 Å². The Balaban J connectivity index is 2.36. The van der Waals surface area contributed by atoms with Crippen LogP contribution in [0.3, 0.4) is 0 Å². The lowest BCUT2D eigenvalue weighted by molar-refractivity contribution is -0.138. The summed E-state index contributed by atoms with van der Waals surface area (Å²) < 4.78 is 1.01. The molecule has 18 heavy (non-hydrogen) atoms. The molecule has 0 radical (unpaired) electrons. The van der Waals surface area contributed by atoms with Gasteiger partial charge < -0.3 is 10.0 Å². The van der Waals surface area contributed by atoms with Gasteiger partial charge in [0.2, 0.25) is 5.91 Å². The molecule has 0 saturated heterocycles. The normalized spacial score (nSPS) is 10.1. The summed E-state index contributed by atoms with van der Waals surface area (Å²) in [7, 11) is 1.63. The monoisotopic (exact) mass is 313 g/mol. The van der Waals surface area contributed by atoms with Gasteiger partial charge in [-0.3, -0.25) is 9.59 Å². The van der Waals surface area contributed by atoms with Crippen LogP contribution >= 0.6 is 15.9 Å². The second-order valence-corrected chi connectivity index (χ2v) is 5.00. The van der Waals surface area contributed by atoms with Crippen LogP contribution in [0, 0.1) is 0 Å². The number of carboxylic acids is 1. The summed E-state index contributed by atoms with van der Waals surface area (Å²) in [6.07, 6.45) is 1.06. The zero-order chi connectivity index (χ0) is 13.5. The predicted octanol–water partition coefficient (Wildman–Crippen LogP) is 2.31. The van der Waals surface area contributed by atoms with Gasteiger partial charge in [-0.25, -0.2) is 0 Å². The van der Waals surface area contributed by atoms with E-state index in [1.807, 2.05) is 24.3 Å². The molecule has 0 bridgehead atoms. The first-order chi connectivity index (χ1) is 8.49. The topological polar surface area (TPSA) is 57.6 Å². The Hall–Kier alpha value is -1.36. The summed E-state index contributed by atoms with van der Waals surface area (Å²) >= 11 is 3.35. The van der Waals surface area contributed by atoms with Crippen molar-refractivity contribution in [3.63, 3.8) is 0 Å². The minimum atomic E-state index is -0.887. The highest BCUT2D eigenvalue weighted by atomic mass is 79.9. The van der Waals surface area contributed by atoms with Gasteiger partial charge in [-0.15, -0.1) is 0 Å². The Labute approximate surface area is 115 Å². The summed E-state index contributed by atoms with van der Waals surface area (Å²) in [4.78, 5) is 23.6. The molecule has 0 spiro atoms. The number of carboxylic acid groups (broad SMARTS) is 1. The number of carbonyl (C=O) groups is 2. The van der Waals surface area contributed by atoms with Crippen LogP contribution in [0.25, 0.3) is 0 Å². The maximum absolute atomic E-state index is 11.7. The number of benzene rings is 1. The predicted molar refractivity (Wildman–Crippen MR) is 72.4 cm³/mol. The van der Waals surface area contributed by atoms with Crippen molar-refractivity contribution in [3.05, 3.63) is 34.3 Å². The van der Waals surface area contributed by atoms with Crippen molar-refractivity contribution >= 4 is 27.8 Å². The van der Waals surface area contributed by atoms with Gasteiger partial charge in [0.1, 0.15) is 0 Å². The summed E-state index contributed by atoms with van der Waals surface area (Å²) in [5, 5.41) is 8.54. The number of amides is 1. The van der Waals surface area contributed by atoms with Gasteiger partial charge in [0.25, 0.3) is 0 Å². The van der Waals surface area contributed by atoms with Crippen LogP contribution in [0.4, 0.5) is 0 Å². The quantitative estimate of drug-likeness (QED) is 0.876. The molecule has 0 aliphatic heterocycles. The molecule has 1 rings (SSSR count). The van der Waals surface area contributed by atoms with Crippen molar-refractivity contribution in [2.45, 2.75) is 19.3 Å². The van der Waals surface area contributed by atoms with Crippen molar-refractivity contribution < 1.29 is 14.7 Å². The molecular formula is C13H16BrNO3.